The summed E-state index contributed by atoms with van der Waals surface area (Å²) in [6.45, 7) is 3.42. The van der Waals surface area contributed by atoms with Gasteiger partial charge >= 0.3 is 0 Å². The van der Waals surface area contributed by atoms with E-state index in [4.69, 9.17) is 0 Å². The average molecular weight is 204 g/mol. The van der Waals surface area contributed by atoms with Crippen LogP contribution >= 0.6 is 0 Å². The summed E-state index contributed by atoms with van der Waals surface area (Å²) < 4.78 is 0. The van der Waals surface area contributed by atoms with E-state index >= 15 is 0 Å². The minimum Gasteiger partial charge on any atom is -0.310 e. The van der Waals surface area contributed by atoms with Gasteiger partial charge in [0.1, 0.15) is 0 Å². The number of hydrogen-bond donors (Lipinski definition) is 1. The Morgan fingerprint density at radius 1 is 1.53 bits per heavy atom. The molecular formula is C13H20N2. The van der Waals surface area contributed by atoms with Gasteiger partial charge in [-0.05, 0) is 43.4 Å². The highest BCUT2D eigenvalue weighted by Crippen LogP contribution is 2.29. The molecule has 0 radical (unpaired) electrons. The standard InChI is InChI=1S/C13H20N2/c1-2-4-13(15-9-11-6-7-11)12-5-3-8-14-10-12/h3,5,8,10-11,13,15H,2,4,6-7,9H2,1H3. The summed E-state index contributed by atoms with van der Waals surface area (Å²) in [5.41, 5.74) is 1.33. The second kappa shape index (κ2) is 5.26. The van der Waals surface area contributed by atoms with E-state index in [1.807, 2.05) is 18.5 Å². The molecule has 1 saturated carbocycles. The van der Waals surface area contributed by atoms with Gasteiger partial charge in [-0.2, -0.15) is 0 Å². The van der Waals surface area contributed by atoms with Crippen molar-refractivity contribution in [1.82, 2.24) is 10.3 Å². The van der Waals surface area contributed by atoms with Gasteiger partial charge in [0.2, 0.25) is 0 Å². The third-order valence-electron chi connectivity index (χ3n) is 3.01. The van der Waals surface area contributed by atoms with Gasteiger partial charge in [0.15, 0.2) is 0 Å². The quantitative estimate of drug-likeness (QED) is 0.770. The Labute approximate surface area is 92.1 Å². The van der Waals surface area contributed by atoms with Crippen LogP contribution in [-0.4, -0.2) is 11.5 Å². The minimum absolute atomic E-state index is 0.504. The number of hydrogen-bond acceptors (Lipinski definition) is 2. The summed E-state index contributed by atoms with van der Waals surface area (Å²) in [5, 5.41) is 3.66. The fourth-order valence-corrected chi connectivity index (χ4v) is 1.89. The van der Waals surface area contributed by atoms with Crippen molar-refractivity contribution in [3.63, 3.8) is 0 Å². The van der Waals surface area contributed by atoms with E-state index in [0.717, 1.165) is 5.92 Å². The second-order valence-electron chi connectivity index (χ2n) is 4.48. The molecule has 0 amide bonds. The number of nitrogens with zero attached hydrogens (tertiary/aromatic N) is 1. The van der Waals surface area contributed by atoms with Gasteiger partial charge in [-0.15, -0.1) is 0 Å². The minimum atomic E-state index is 0.504. The van der Waals surface area contributed by atoms with E-state index in [-0.39, 0.29) is 0 Å². The summed E-state index contributed by atoms with van der Waals surface area (Å²) in [6.07, 6.45) is 9.08. The predicted molar refractivity (Wildman–Crippen MR) is 62.6 cm³/mol. The first-order valence-corrected chi connectivity index (χ1v) is 6.03. The predicted octanol–water partition coefficient (Wildman–Crippen LogP) is 2.92. The zero-order valence-electron chi connectivity index (χ0n) is 9.45. The van der Waals surface area contributed by atoms with Crippen molar-refractivity contribution in [2.45, 2.75) is 38.6 Å². The summed E-state index contributed by atoms with van der Waals surface area (Å²) in [7, 11) is 0. The molecule has 0 aliphatic heterocycles. The molecule has 0 spiro atoms. The lowest BCUT2D eigenvalue weighted by Crippen LogP contribution is -2.23. The highest BCUT2D eigenvalue weighted by atomic mass is 14.9. The Kier molecular flexibility index (Phi) is 3.73. The fraction of sp³-hybridized carbons (Fsp3) is 0.615. The molecule has 1 heterocycles. The fourth-order valence-electron chi connectivity index (χ4n) is 1.89. The van der Waals surface area contributed by atoms with E-state index in [0.29, 0.717) is 6.04 Å². The molecule has 2 heteroatoms. The number of nitrogens with one attached hydrogen (secondary N) is 1. The molecule has 1 N–H and O–H groups in total. The van der Waals surface area contributed by atoms with Crippen molar-refractivity contribution in [2.75, 3.05) is 6.54 Å². The van der Waals surface area contributed by atoms with Crippen molar-refractivity contribution >= 4 is 0 Å². The van der Waals surface area contributed by atoms with Gasteiger partial charge in [0, 0.05) is 18.4 Å². The van der Waals surface area contributed by atoms with Crippen LogP contribution in [0.25, 0.3) is 0 Å². The van der Waals surface area contributed by atoms with Crippen molar-refractivity contribution in [2.24, 2.45) is 5.92 Å². The largest absolute Gasteiger partial charge is 0.310 e. The molecule has 1 aromatic heterocycles. The maximum atomic E-state index is 4.19. The van der Waals surface area contributed by atoms with Crippen molar-refractivity contribution in [1.29, 1.82) is 0 Å². The van der Waals surface area contributed by atoms with Crippen molar-refractivity contribution < 1.29 is 0 Å². The van der Waals surface area contributed by atoms with Gasteiger partial charge in [-0.25, -0.2) is 0 Å². The van der Waals surface area contributed by atoms with Crippen LogP contribution in [0.5, 0.6) is 0 Å². The van der Waals surface area contributed by atoms with E-state index in [9.17, 15) is 0 Å². The lowest BCUT2D eigenvalue weighted by Gasteiger charge is -2.17. The first-order valence-electron chi connectivity index (χ1n) is 6.03. The monoisotopic (exact) mass is 204 g/mol. The third-order valence-corrected chi connectivity index (χ3v) is 3.01. The molecular weight excluding hydrogens is 184 g/mol. The topological polar surface area (TPSA) is 24.9 Å². The molecule has 15 heavy (non-hydrogen) atoms. The Morgan fingerprint density at radius 2 is 2.40 bits per heavy atom. The normalized spacial score (nSPS) is 17.7. The Balaban J connectivity index is 1.91. The van der Waals surface area contributed by atoms with Crippen LogP contribution in [0.15, 0.2) is 24.5 Å². The molecule has 0 saturated heterocycles. The summed E-state index contributed by atoms with van der Waals surface area (Å²) >= 11 is 0. The molecule has 0 bridgehead atoms. The smallest absolute Gasteiger partial charge is 0.0335 e. The molecule has 2 nitrogen and oxygen atoms in total. The Morgan fingerprint density at radius 3 is 3.00 bits per heavy atom. The van der Waals surface area contributed by atoms with Crippen LogP contribution in [0.2, 0.25) is 0 Å². The van der Waals surface area contributed by atoms with Gasteiger partial charge in [-0.3, -0.25) is 4.98 Å². The van der Waals surface area contributed by atoms with Gasteiger partial charge < -0.3 is 5.32 Å². The number of rotatable bonds is 6. The summed E-state index contributed by atoms with van der Waals surface area (Å²) in [4.78, 5) is 4.19. The van der Waals surface area contributed by atoms with Crippen LogP contribution in [0.1, 0.15) is 44.2 Å². The number of pyridine rings is 1. The molecule has 1 fully saturated rings. The average Bonchev–Trinajstić information content (AvgIpc) is 3.09. The summed E-state index contributed by atoms with van der Waals surface area (Å²) in [6, 6.07) is 4.70. The lowest BCUT2D eigenvalue weighted by atomic mass is 10.0. The van der Waals surface area contributed by atoms with E-state index in [2.05, 4.69) is 23.3 Å². The molecule has 1 atom stereocenters. The Bertz CT molecular complexity index is 280. The maximum Gasteiger partial charge on any atom is 0.0335 e. The van der Waals surface area contributed by atoms with Crippen LogP contribution in [0, 0.1) is 5.92 Å². The highest BCUT2D eigenvalue weighted by molar-refractivity contribution is 5.13. The first kappa shape index (κ1) is 10.6. The van der Waals surface area contributed by atoms with Crippen LogP contribution in [0.3, 0.4) is 0 Å². The lowest BCUT2D eigenvalue weighted by molar-refractivity contribution is 0.480. The van der Waals surface area contributed by atoms with Crippen LogP contribution < -0.4 is 5.32 Å². The highest BCUT2D eigenvalue weighted by Gasteiger charge is 2.22. The van der Waals surface area contributed by atoms with Gasteiger partial charge in [-0.1, -0.05) is 19.4 Å². The Hall–Kier alpha value is -0.890. The zero-order chi connectivity index (χ0) is 10.5. The molecule has 1 aliphatic rings. The molecule has 82 valence electrons. The zero-order valence-corrected chi connectivity index (χ0v) is 9.45. The molecule has 0 aromatic carbocycles. The molecule has 1 aliphatic carbocycles. The first-order chi connectivity index (χ1) is 7.40. The van der Waals surface area contributed by atoms with Crippen molar-refractivity contribution in [3.05, 3.63) is 30.1 Å². The van der Waals surface area contributed by atoms with Gasteiger partial charge in [0.25, 0.3) is 0 Å². The van der Waals surface area contributed by atoms with Gasteiger partial charge in [0.05, 0.1) is 0 Å². The molecule has 1 aromatic rings. The van der Waals surface area contributed by atoms with Crippen molar-refractivity contribution in [3.8, 4) is 0 Å². The molecule has 2 rings (SSSR count). The third kappa shape index (κ3) is 3.31. The van der Waals surface area contributed by atoms with Crippen LogP contribution in [0.4, 0.5) is 0 Å². The second-order valence-corrected chi connectivity index (χ2v) is 4.48. The SMILES string of the molecule is CCCC(NCC1CC1)c1cccnc1. The summed E-state index contributed by atoms with van der Waals surface area (Å²) in [5.74, 6) is 0.945. The van der Waals surface area contributed by atoms with Crippen LogP contribution in [-0.2, 0) is 0 Å². The van der Waals surface area contributed by atoms with E-state index in [1.165, 1.54) is 37.8 Å². The molecule has 1 unspecified atom stereocenters. The number of aromatic nitrogens is 1. The maximum absolute atomic E-state index is 4.19. The van der Waals surface area contributed by atoms with E-state index < -0.39 is 0 Å². The van der Waals surface area contributed by atoms with E-state index in [1.54, 1.807) is 0 Å².